The molecule has 1 saturated carbocycles. The van der Waals surface area contributed by atoms with Gasteiger partial charge in [-0.15, -0.1) is 0 Å². The normalized spacial score (nSPS) is 14.6. The van der Waals surface area contributed by atoms with Crippen LogP contribution in [0.4, 0.5) is 10.1 Å². The van der Waals surface area contributed by atoms with E-state index < -0.39 is 23.6 Å². The quantitative estimate of drug-likeness (QED) is 0.341. The second kappa shape index (κ2) is 10.2. The third-order valence-corrected chi connectivity index (χ3v) is 6.16. The maximum atomic E-state index is 14.3. The average Bonchev–Trinajstić information content (AvgIpc) is 3.35. The first-order valence-electron chi connectivity index (χ1n) is 12.2. The number of nitrogens with zero attached hydrogens (tertiary/aromatic N) is 2. The highest BCUT2D eigenvalue weighted by Crippen LogP contribution is 2.48. The van der Waals surface area contributed by atoms with E-state index in [0.717, 1.165) is 29.7 Å². The molecule has 1 aromatic carbocycles. The van der Waals surface area contributed by atoms with E-state index >= 15 is 0 Å². The van der Waals surface area contributed by atoms with Gasteiger partial charge in [0.1, 0.15) is 11.6 Å². The molecule has 2 N–H and O–H groups in total. The molecule has 1 amide bonds. The van der Waals surface area contributed by atoms with Gasteiger partial charge >= 0.3 is 5.97 Å². The highest BCUT2D eigenvalue weighted by atomic mass is 19.1. The van der Waals surface area contributed by atoms with Crippen molar-refractivity contribution in [3.63, 3.8) is 0 Å². The largest absolute Gasteiger partial charge is 0.481 e. The van der Waals surface area contributed by atoms with E-state index in [-0.39, 0.29) is 36.3 Å². The lowest BCUT2D eigenvalue weighted by atomic mass is 9.89. The molecule has 0 bridgehead atoms. The standard InChI is InChI=1S/C27H32FN3O5/c1-15-5-9-20(19(28)11-15)29-22(32)12-17(8-10-23(33)34)25-24(16-6-7-16)26(36-31-25)21-13-18(35-30-21)14-27(2,3)4/h5,9,11,13,16-17H,6-8,10,12,14H2,1-4H3,(H,29,32)(H,33,34)/t17-/m0/s1. The Morgan fingerprint density at radius 1 is 1.19 bits per heavy atom. The van der Waals surface area contributed by atoms with Crippen LogP contribution in [0.15, 0.2) is 33.3 Å². The topological polar surface area (TPSA) is 118 Å². The Morgan fingerprint density at radius 2 is 1.94 bits per heavy atom. The van der Waals surface area contributed by atoms with E-state index in [9.17, 15) is 19.1 Å². The maximum absolute atomic E-state index is 14.3. The van der Waals surface area contributed by atoms with Crippen molar-refractivity contribution in [1.82, 2.24) is 10.3 Å². The Balaban J connectivity index is 1.60. The Hall–Kier alpha value is -3.49. The number of hydrogen-bond donors (Lipinski definition) is 2. The van der Waals surface area contributed by atoms with E-state index in [1.54, 1.807) is 13.0 Å². The summed E-state index contributed by atoms with van der Waals surface area (Å²) in [6, 6.07) is 6.42. The number of aliphatic carboxylic acids is 1. The lowest BCUT2D eigenvalue weighted by Gasteiger charge is -2.15. The lowest BCUT2D eigenvalue weighted by Crippen LogP contribution is -2.18. The monoisotopic (exact) mass is 497 g/mol. The first kappa shape index (κ1) is 25.6. The van der Waals surface area contributed by atoms with Gasteiger partial charge in [0.05, 0.1) is 11.4 Å². The van der Waals surface area contributed by atoms with Gasteiger partial charge in [-0.3, -0.25) is 9.59 Å². The Morgan fingerprint density at radius 3 is 2.58 bits per heavy atom. The van der Waals surface area contributed by atoms with Gasteiger partial charge in [0.25, 0.3) is 0 Å². The molecule has 0 spiro atoms. The number of anilines is 1. The number of carboxylic acids is 1. The van der Waals surface area contributed by atoms with Gasteiger partial charge in [-0.25, -0.2) is 4.39 Å². The molecule has 4 rings (SSSR count). The smallest absolute Gasteiger partial charge is 0.303 e. The van der Waals surface area contributed by atoms with Crippen molar-refractivity contribution in [1.29, 1.82) is 0 Å². The van der Waals surface area contributed by atoms with Gasteiger partial charge < -0.3 is 19.5 Å². The van der Waals surface area contributed by atoms with Gasteiger partial charge in [-0.2, -0.15) is 0 Å². The van der Waals surface area contributed by atoms with Gasteiger partial charge in [0.2, 0.25) is 5.91 Å². The number of carboxylic acid groups (broad SMARTS) is 1. The van der Waals surface area contributed by atoms with Gasteiger partial charge in [0, 0.05) is 36.8 Å². The van der Waals surface area contributed by atoms with E-state index in [0.29, 0.717) is 23.6 Å². The lowest BCUT2D eigenvalue weighted by molar-refractivity contribution is -0.137. The van der Waals surface area contributed by atoms with Crippen LogP contribution in [0, 0.1) is 18.2 Å². The summed E-state index contributed by atoms with van der Waals surface area (Å²) in [4.78, 5) is 24.2. The fourth-order valence-electron chi connectivity index (χ4n) is 4.36. The van der Waals surface area contributed by atoms with Crippen LogP contribution >= 0.6 is 0 Å². The number of aryl methyl sites for hydroxylation is 1. The predicted molar refractivity (Wildman–Crippen MR) is 131 cm³/mol. The molecule has 36 heavy (non-hydrogen) atoms. The minimum Gasteiger partial charge on any atom is -0.481 e. The Kier molecular flexibility index (Phi) is 7.28. The second-order valence-corrected chi connectivity index (χ2v) is 10.9. The summed E-state index contributed by atoms with van der Waals surface area (Å²) in [5, 5.41) is 20.4. The summed E-state index contributed by atoms with van der Waals surface area (Å²) in [6.45, 7) is 8.09. The van der Waals surface area contributed by atoms with Crippen LogP contribution in [0.2, 0.25) is 0 Å². The molecule has 3 aromatic rings. The number of nitrogens with one attached hydrogen (secondary N) is 1. The number of amides is 1. The number of benzene rings is 1. The SMILES string of the molecule is Cc1ccc(NC(=O)C[C@H](CCC(=O)O)c2noc(-c3cc(CC(C)(C)C)on3)c2C2CC2)c(F)c1. The van der Waals surface area contributed by atoms with Crippen LogP contribution in [0.3, 0.4) is 0 Å². The summed E-state index contributed by atoms with van der Waals surface area (Å²) in [5.74, 6) is -0.985. The van der Waals surface area contributed by atoms with Crippen LogP contribution in [-0.2, 0) is 16.0 Å². The Bertz CT molecular complexity index is 1250. The molecule has 0 radical (unpaired) electrons. The van der Waals surface area contributed by atoms with Crippen LogP contribution < -0.4 is 5.32 Å². The third kappa shape index (κ3) is 6.38. The van der Waals surface area contributed by atoms with Crippen molar-refractivity contribution in [3.05, 3.63) is 52.7 Å². The first-order valence-corrected chi connectivity index (χ1v) is 12.2. The fourth-order valence-corrected chi connectivity index (χ4v) is 4.36. The fraction of sp³-hybridized carbons (Fsp3) is 0.481. The molecule has 1 atom stereocenters. The third-order valence-electron chi connectivity index (χ3n) is 6.16. The predicted octanol–water partition coefficient (Wildman–Crippen LogP) is 6.22. The molecule has 0 saturated heterocycles. The molecule has 1 aliphatic carbocycles. The minimum absolute atomic E-state index is 0.0227. The number of aromatic nitrogens is 2. The van der Waals surface area contributed by atoms with Crippen molar-refractivity contribution >= 4 is 17.6 Å². The van der Waals surface area contributed by atoms with Crippen molar-refractivity contribution in [3.8, 4) is 11.5 Å². The molecular formula is C27H32FN3O5. The number of rotatable bonds is 10. The number of carbonyl (C=O) groups excluding carboxylic acids is 1. The van der Waals surface area contributed by atoms with Crippen LogP contribution in [-0.4, -0.2) is 27.3 Å². The van der Waals surface area contributed by atoms with Crippen LogP contribution in [0.1, 0.15) is 87.3 Å². The molecule has 1 fully saturated rings. The summed E-state index contributed by atoms with van der Waals surface area (Å²) in [6.07, 6.45) is 2.60. The molecular weight excluding hydrogens is 465 g/mol. The van der Waals surface area contributed by atoms with Crippen molar-refractivity contribution < 1.29 is 28.1 Å². The van der Waals surface area contributed by atoms with Gasteiger partial charge in [-0.05, 0) is 55.2 Å². The van der Waals surface area contributed by atoms with Crippen molar-refractivity contribution in [2.24, 2.45) is 5.41 Å². The van der Waals surface area contributed by atoms with Gasteiger partial charge in [-0.1, -0.05) is 37.2 Å². The minimum atomic E-state index is -0.968. The summed E-state index contributed by atoms with van der Waals surface area (Å²) < 4.78 is 25.5. The Labute approximate surface area is 209 Å². The molecule has 8 nitrogen and oxygen atoms in total. The highest BCUT2D eigenvalue weighted by Gasteiger charge is 2.37. The van der Waals surface area contributed by atoms with Crippen LogP contribution in [0.5, 0.6) is 0 Å². The highest BCUT2D eigenvalue weighted by molar-refractivity contribution is 5.91. The van der Waals surface area contributed by atoms with Gasteiger partial charge in [0.15, 0.2) is 11.5 Å². The summed E-state index contributed by atoms with van der Waals surface area (Å²) in [5.41, 5.74) is 2.81. The van der Waals surface area contributed by atoms with E-state index in [4.69, 9.17) is 9.05 Å². The maximum Gasteiger partial charge on any atom is 0.303 e. The zero-order valence-corrected chi connectivity index (χ0v) is 21.1. The summed E-state index contributed by atoms with van der Waals surface area (Å²) in [7, 11) is 0. The van der Waals surface area contributed by atoms with E-state index in [1.807, 2.05) is 6.07 Å². The van der Waals surface area contributed by atoms with Crippen molar-refractivity contribution in [2.45, 2.75) is 78.1 Å². The molecule has 9 heteroatoms. The molecule has 0 unspecified atom stereocenters. The first-order chi connectivity index (χ1) is 17.0. The average molecular weight is 498 g/mol. The zero-order valence-electron chi connectivity index (χ0n) is 21.1. The van der Waals surface area contributed by atoms with E-state index in [2.05, 4.69) is 36.4 Å². The molecule has 192 valence electrons. The molecule has 2 heterocycles. The molecule has 0 aliphatic heterocycles. The number of hydrogen-bond acceptors (Lipinski definition) is 6. The number of carbonyl (C=O) groups is 2. The second-order valence-electron chi connectivity index (χ2n) is 10.9. The number of halogens is 1. The molecule has 1 aliphatic rings. The van der Waals surface area contributed by atoms with Crippen LogP contribution in [0.25, 0.3) is 11.5 Å². The van der Waals surface area contributed by atoms with Crippen molar-refractivity contribution in [2.75, 3.05) is 5.32 Å². The van der Waals surface area contributed by atoms with E-state index in [1.165, 1.54) is 12.1 Å². The summed E-state index contributed by atoms with van der Waals surface area (Å²) >= 11 is 0. The molecule has 2 aromatic heterocycles. The zero-order chi connectivity index (χ0) is 26.0.